The lowest BCUT2D eigenvalue weighted by Gasteiger charge is -2.30. The van der Waals surface area contributed by atoms with Gasteiger partial charge in [-0.15, -0.1) is 0 Å². The van der Waals surface area contributed by atoms with Crippen LogP contribution in [0.3, 0.4) is 0 Å². The van der Waals surface area contributed by atoms with Crippen LogP contribution in [-0.4, -0.2) is 60.8 Å². The normalized spacial score (nSPS) is 17.9. The Labute approximate surface area is 166 Å². The van der Waals surface area contributed by atoms with E-state index in [9.17, 15) is 9.90 Å². The summed E-state index contributed by atoms with van der Waals surface area (Å²) in [5.41, 5.74) is 0.447. The second kappa shape index (κ2) is 10.5. The van der Waals surface area contributed by atoms with E-state index in [0.717, 1.165) is 39.1 Å². The molecule has 2 rings (SSSR count). The molecule has 3 N–H and O–H groups in total. The molecule has 0 aliphatic carbocycles. The van der Waals surface area contributed by atoms with Crippen molar-refractivity contribution in [2.75, 3.05) is 32.7 Å². The number of piperazine rings is 1. The Balaban J connectivity index is 1.95. The molecule has 146 valence electrons. The summed E-state index contributed by atoms with van der Waals surface area (Å²) in [6.07, 6.45) is 0.772. The molecule has 0 saturated carbocycles. The lowest BCUT2D eigenvalue weighted by Crippen LogP contribution is -2.47. The molecule has 2 atom stereocenters. The Hall–Kier alpha value is -0.850. The Morgan fingerprint density at radius 2 is 1.96 bits per heavy atom. The zero-order chi connectivity index (χ0) is 19.1. The van der Waals surface area contributed by atoms with Crippen molar-refractivity contribution in [3.63, 3.8) is 0 Å². The zero-order valence-electron chi connectivity index (χ0n) is 15.5. The van der Waals surface area contributed by atoms with Gasteiger partial charge < -0.3 is 20.6 Å². The lowest BCUT2D eigenvalue weighted by molar-refractivity contribution is 0.0728. The largest absolute Gasteiger partial charge is 0.391 e. The van der Waals surface area contributed by atoms with Crippen LogP contribution in [0, 0.1) is 5.92 Å². The van der Waals surface area contributed by atoms with Gasteiger partial charge in [0.1, 0.15) is 0 Å². The van der Waals surface area contributed by atoms with Gasteiger partial charge in [-0.2, -0.15) is 0 Å². The number of halogens is 2. The standard InChI is InChI=1S/C19H29Cl2N3O2/c1-13(2)11-17(18(25)5-8-24-9-6-22-7-10-24)23-19(26)14-3-4-15(20)16(21)12-14/h3-4,12-13,17-18,22,25H,5-11H2,1-2H3,(H,23,26). The van der Waals surface area contributed by atoms with Crippen molar-refractivity contribution >= 4 is 29.1 Å². The molecule has 1 saturated heterocycles. The van der Waals surface area contributed by atoms with E-state index in [0.29, 0.717) is 27.9 Å². The van der Waals surface area contributed by atoms with Gasteiger partial charge in [-0.3, -0.25) is 4.79 Å². The molecule has 1 amide bonds. The van der Waals surface area contributed by atoms with Crippen LogP contribution in [0.2, 0.25) is 10.0 Å². The summed E-state index contributed by atoms with van der Waals surface area (Å²) in [5.74, 6) is 0.124. The van der Waals surface area contributed by atoms with Gasteiger partial charge in [0.25, 0.3) is 5.91 Å². The number of benzene rings is 1. The number of hydrogen-bond acceptors (Lipinski definition) is 4. The maximum Gasteiger partial charge on any atom is 0.251 e. The molecular weight excluding hydrogens is 373 g/mol. The van der Waals surface area contributed by atoms with Crippen LogP contribution in [0.5, 0.6) is 0 Å². The van der Waals surface area contributed by atoms with Crippen molar-refractivity contribution in [2.24, 2.45) is 5.92 Å². The molecule has 26 heavy (non-hydrogen) atoms. The van der Waals surface area contributed by atoms with Crippen molar-refractivity contribution in [2.45, 2.75) is 38.8 Å². The molecule has 1 fully saturated rings. The summed E-state index contributed by atoms with van der Waals surface area (Å²) in [7, 11) is 0. The average Bonchev–Trinajstić information content (AvgIpc) is 2.61. The predicted molar refractivity (Wildman–Crippen MR) is 107 cm³/mol. The third-order valence-electron chi connectivity index (χ3n) is 4.64. The number of nitrogens with zero attached hydrogens (tertiary/aromatic N) is 1. The third kappa shape index (κ3) is 6.71. The Kier molecular flexibility index (Phi) is 8.64. The quantitative estimate of drug-likeness (QED) is 0.626. The molecule has 1 aromatic rings. The van der Waals surface area contributed by atoms with Gasteiger partial charge in [0.05, 0.1) is 22.2 Å². The van der Waals surface area contributed by atoms with Crippen LogP contribution in [-0.2, 0) is 0 Å². The number of rotatable bonds is 8. The number of hydrogen-bond donors (Lipinski definition) is 3. The fourth-order valence-corrected chi connectivity index (χ4v) is 3.46. The minimum atomic E-state index is -0.584. The minimum absolute atomic E-state index is 0.240. The summed E-state index contributed by atoms with van der Waals surface area (Å²) < 4.78 is 0. The first-order valence-electron chi connectivity index (χ1n) is 9.24. The van der Waals surface area contributed by atoms with Crippen LogP contribution in [0.15, 0.2) is 18.2 Å². The molecule has 7 heteroatoms. The van der Waals surface area contributed by atoms with Crippen molar-refractivity contribution in [1.82, 2.24) is 15.5 Å². The molecule has 1 heterocycles. The van der Waals surface area contributed by atoms with Gasteiger partial charge in [-0.25, -0.2) is 0 Å². The van der Waals surface area contributed by atoms with Gasteiger partial charge in [0.2, 0.25) is 0 Å². The van der Waals surface area contributed by atoms with Crippen molar-refractivity contribution in [1.29, 1.82) is 0 Å². The summed E-state index contributed by atoms with van der Waals surface area (Å²) >= 11 is 11.9. The second-order valence-electron chi connectivity index (χ2n) is 7.29. The van der Waals surface area contributed by atoms with Crippen LogP contribution in [0.1, 0.15) is 37.0 Å². The van der Waals surface area contributed by atoms with Crippen LogP contribution >= 0.6 is 23.2 Å². The first kappa shape index (κ1) is 21.5. The fraction of sp³-hybridized carbons (Fsp3) is 0.632. The molecule has 1 aliphatic rings. The lowest BCUT2D eigenvalue weighted by atomic mass is 9.96. The van der Waals surface area contributed by atoms with E-state index in [1.54, 1.807) is 18.2 Å². The zero-order valence-corrected chi connectivity index (χ0v) is 17.0. The second-order valence-corrected chi connectivity index (χ2v) is 8.10. The van der Waals surface area contributed by atoms with Crippen molar-refractivity contribution in [3.8, 4) is 0 Å². The third-order valence-corrected chi connectivity index (χ3v) is 5.38. The van der Waals surface area contributed by atoms with E-state index in [2.05, 4.69) is 29.4 Å². The minimum Gasteiger partial charge on any atom is -0.391 e. The number of carbonyl (C=O) groups is 1. The fourth-order valence-electron chi connectivity index (χ4n) is 3.16. The molecule has 1 aliphatic heterocycles. The number of aliphatic hydroxyl groups is 1. The average molecular weight is 402 g/mol. The topological polar surface area (TPSA) is 64.6 Å². The molecule has 1 aromatic carbocycles. The number of carbonyl (C=O) groups excluding carboxylic acids is 1. The maximum absolute atomic E-state index is 12.6. The smallest absolute Gasteiger partial charge is 0.251 e. The monoisotopic (exact) mass is 401 g/mol. The SMILES string of the molecule is CC(C)CC(NC(=O)c1ccc(Cl)c(Cl)c1)C(O)CCN1CCNCC1. The van der Waals surface area contributed by atoms with Gasteiger partial charge in [0.15, 0.2) is 0 Å². The van der Waals surface area contributed by atoms with Gasteiger partial charge in [-0.05, 0) is 37.0 Å². The Morgan fingerprint density at radius 3 is 2.58 bits per heavy atom. The molecule has 0 aromatic heterocycles. The first-order valence-corrected chi connectivity index (χ1v) is 9.99. The maximum atomic E-state index is 12.6. The number of nitrogens with one attached hydrogen (secondary N) is 2. The first-order chi connectivity index (χ1) is 12.4. The summed E-state index contributed by atoms with van der Waals surface area (Å²) in [4.78, 5) is 14.9. The van der Waals surface area contributed by atoms with E-state index in [4.69, 9.17) is 23.2 Å². The molecule has 5 nitrogen and oxygen atoms in total. The highest BCUT2D eigenvalue weighted by Crippen LogP contribution is 2.23. The van der Waals surface area contributed by atoms with E-state index in [-0.39, 0.29) is 11.9 Å². The summed E-state index contributed by atoms with van der Waals surface area (Å²) in [5, 5.41) is 17.7. The van der Waals surface area contributed by atoms with E-state index >= 15 is 0 Å². The van der Waals surface area contributed by atoms with E-state index < -0.39 is 6.10 Å². The highest BCUT2D eigenvalue weighted by Gasteiger charge is 2.24. The predicted octanol–water partition coefficient (Wildman–Crippen LogP) is 2.79. The van der Waals surface area contributed by atoms with Crippen molar-refractivity contribution < 1.29 is 9.90 Å². The molecular formula is C19H29Cl2N3O2. The summed E-state index contributed by atoms with van der Waals surface area (Å²) in [6, 6.07) is 4.51. The van der Waals surface area contributed by atoms with Gasteiger partial charge >= 0.3 is 0 Å². The highest BCUT2D eigenvalue weighted by atomic mass is 35.5. The van der Waals surface area contributed by atoms with Crippen LogP contribution in [0.25, 0.3) is 0 Å². The Bertz CT molecular complexity index is 592. The van der Waals surface area contributed by atoms with E-state index in [1.807, 2.05) is 0 Å². The number of amides is 1. The molecule has 0 radical (unpaired) electrons. The summed E-state index contributed by atoms with van der Waals surface area (Å²) in [6.45, 7) is 8.97. The molecule has 0 bridgehead atoms. The molecule has 0 spiro atoms. The van der Waals surface area contributed by atoms with Crippen LogP contribution in [0.4, 0.5) is 0 Å². The Morgan fingerprint density at radius 1 is 1.27 bits per heavy atom. The van der Waals surface area contributed by atoms with Gasteiger partial charge in [-0.1, -0.05) is 37.0 Å². The van der Waals surface area contributed by atoms with Crippen LogP contribution < -0.4 is 10.6 Å². The highest BCUT2D eigenvalue weighted by molar-refractivity contribution is 6.42. The number of aliphatic hydroxyl groups excluding tert-OH is 1. The van der Waals surface area contributed by atoms with Gasteiger partial charge in [0, 0.05) is 38.3 Å². The molecule has 2 unspecified atom stereocenters. The van der Waals surface area contributed by atoms with Crippen molar-refractivity contribution in [3.05, 3.63) is 33.8 Å². The van der Waals surface area contributed by atoms with E-state index in [1.165, 1.54) is 0 Å².